The molecule has 1 aliphatic rings. The van der Waals surface area contributed by atoms with Gasteiger partial charge in [-0.15, -0.1) is 0 Å². The molecule has 0 spiro atoms. The molecule has 6 nitrogen and oxygen atoms in total. The van der Waals surface area contributed by atoms with Gasteiger partial charge in [0.05, 0.1) is 10.7 Å². The van der Waals surface area contributed by atoms with Crippen molar-refractivity contribution in [2.75, 3.05) is 10.6 Å². The number of alkyl halides is 3. The SMILES string of the molecule is CC(=O)Nc1ccc(NC(=O)Cn2nc(C(F)(F)F)c(Cl)c2C2CC2)cc1. The van der Waals surface area contributed by atoms with Gasteiger partial charge in [0.15, 0.2) is 5.69 Å². The van der Waals surface area contributed by atoms with Gasteiger partial charge in [-0.1, -0.05) is 11.6 Å². The molecule has 1 saturated carbocycles. The van der Waals surface area contributed by atoms with Gasteiger partial charge in [-0.05, 0) is 37.1 Å². The topological polar surface area (TPSA) is 76.0 Å². The largest absolute Gasteiger partial charge is 0.436 e. The number of nitrogens with zero attached hydrogens (tertiary/aromatic N) is 2. The van der Waals surface area contributed by atoms with Crippen LogP contribution in [-0.2, 0) is 22.3 Å². The van der Waals surface area contributed by atoms with Gasteiger partial charge < -0.3 is 10.6 Å². The van der Waals surface area contributed by atoms with Crippen molar-refractivity contribution in [2.45, 2.75) is 38.4 Å². The monoisotopic (exact) mass is 400 g/mol. The molecule has 0 atom stereocenters. The van der Waals surface area contributed by atoms with Crippen LogP contribution in [-0.4, -0.2) is 21.6 Å². The molecule has 1 fully saturated rings. The molecule has 1 heterocycles. The molecule has 1 aliphatic carbocycles. The minimum atomic E-state index is -4.68. The number of rotatable bonds is 5. The van der Waals surface area contributed by atoms with Gasteiger partial charge in [0.1, 0.15) is 6.54 Å². The summed E-state index contributed by atoms with van der Waals surface area (Å²) in [6.07, 6.45) is -3.24. The lowest BCUT2D eigenvalue weighted by molar-refractivity contribution is -0.141. The summed E-state index contributed by atoms with van der Waals surface area (Å²) in [7, 11) is 0. The Bertz CT molecular complexity index is 874. The van der Waals surface area contributed by atoms with Crippen molar-refractivity contribution < 1.29 is 22.8 Å². The second-order valence-electron chi connectivity index (χ2n) is 6.28. The van der Waals surface area contributed by atoms with E-state index in [1.807, 2.05) is 0 Å². The number of carbonyl (C=O) groups excluding carboxylic acids is 2. The van der Waals surface area contributed by atoms with Gasteiger partial charge in [0, 0.05) is 24.2 Å². The normalized spacial score (nSPS) is 14.1. The summed E-state index contributed by atoms with van der Waals surface area (Å²) in [4.78, 5) is 23.2. The molecule has 144 valence electrons. The first kappa shape index (κ1) is 19.2. The summed E-state index contributed by atoms with van der Waals surface area (Å²) in [6.45, 7) is 0.993. The standard InChI is InChI=1S/C17H16ClF3N4O2/c1-9(26)22-11-4-6-12(7-5-11)23-13(27)8-25-15(10-2-3-10)14(18)16(24-25)17(19,20)21/h4-7,10H,2-3,8H2,1H3,(H,22,26)(H,23,27). The molecule has 3 rings (SSSR count). The highest BCUT2D eigenvalue weighted by Gasteiger charge is 2.42. The van der Waals surface area contributed by atoms with Crippen LogP contribution in [0.25, 0.3) is 0 Å². The molecule has 27 heavy (non-hydrogen) atoms. The van der Waals surface area contributed by atoms with Crippen molar-refractivity contribution in [2.24, 2.45) is 0 Å². The number of anilines is 2. The molecular formula is C17H16ClF3N4O2. The molecule has 2 aromatic rings. The van der Waals surface area contributed by atoms with E-state index in [0.717, 1.165) is 17.5 Å². The van der Waals surface area contributed by atoms with E-state index in [0.29, 0.717) is 11.4 Å². The predicted octanol–water partition coefficient (Wildman–Crippen LogP) is 4.03. The zero-order valence-electron chi connectivity index (χ0n) is 14.2. The van der Waals surface area contributed by atoms with Gasteiger partial charge in [0.2, 0.25) is 11.8 Å². The van der Waals surface area contributed by atoms with E-state index in [1.54, 1.807) is 24.3 Å². The molecule has 0 aliphatic heterocycles. The second kappa shape index (κ2) is 7.22. The lowest BCUT2D eigenvalue weighted by atomic mass is 10.2. The Morgan fingerprint density at radius 1 is 1.19 bits per heavy atom. The zero-order valence-corrected chi connectivity index (χ0v) is 15.0. The Hall–Kier alpha value is -2.55. The number of hydrogen-bond donors (Lipinski definition) is 2. The average Bonchev–Trinajstić information content (AvgIpc) is 3.32. The minimum absolute atomic E-state index is 0.106. The van der Waals surface area contributed by atoms with Gasteiger partial charge in [-0.3, -0.25) is 14.3 Å². The molecule has 0 saturated heterocycles. The number of benzene rings is 1. The third-order valence-corrected chi connectivity index (χ3v) is 4.32. The summed E-state index contributed by atoms with van der Waals surface area (Å²) >= 11 is 5.88. The van der Waals surface area contributed by atoms with E-state index < -0.39 is 22.8 Å². The quantitative estimate of drug-likeness (QED) is 0.795. The summed E-state index contributed by atoms with van der Waals surface area (Å²) in [5.74, 6) is -0.863. The van der Waals surface area contributed by atoms with Gasteiger partial charge in [-0.25, -0.2) is 0 Å². The Balaban J connectivity index is 1.73. The van der Waals surface area contributed by atoms with Crippen LogP contribution < -0.4 is 10.6 Å². The zero-order chi connectivity index (χ0) is 19.8. The van der Waals surface area contributed by atoms with Crippen molar-refractivity contribution >= 4 is 34.8 Å². The highest BCUT2D eigenvalue weighted by atomic mass is 35.5. The Morgan fingerprint density at radius 3 is 2.22 bits per heavy atom. The Labute approximate surface area is 157 Å². The average molecular weight is 401 g/mol. The number of nitrogens with one attached hydrogen (secondary N) is 2. The van der Waals surface area contributed by atoms with E-state index in [4.69, 9.17) is 11.6 Å². The molecule has 2 amide bonds. The number of aromatic nitrogens is 2. The van der Waals surface area contributed by atoms with Crippen LogP contribution >= 0.6 is 11.6 Å². The fraction of sp³-hybridized carbons (Fsp3) is 0.353. The number of hydrogen-bond acceptors (Lipinski definition) is 3. The van der Waals surface area contributed by atoms with E-state index in [1.165, 1.54) is 6.92 Å². The van der Waals surface area contributed by atoms with Crippen molar-refractivity contribution in [3.63, 3.8) is 0 Å². The van der Waals surface area contributed by atoms with Crippen LogP contribution in [0.1, 0.15) is 37.1 Å². The van der Waals surface area contributed by atoms with Gasteiger partial charge >= 0.3 is 6.18 Å². The van der Waals surface area contributed by atoms with Gasteiger partial charge in [-0.2, -0.15) is 18.3 Å². The van der Waals surface area contributed by atoms with E-state index in [2.05, 4.69) is 15.7 Å². The molecule has 0 unspecified atom stereocenters. The highest BCUT2D eigenvalue weighted by molar-refractivity contribution is 6.32. The van der Waals surface area contributed by atoms with Crippen LogP contribution in [0.5, 0.6) is 0 Å². The van der Waals surface area contributed by atoms with Crippen LogP contribution in [0.2, 0.25) is 5.02 Å². The van der Waals surface area contributed by atoms with E-state index in [9.17, 15) is 22.8 Å². The third kappa shape index (κ3) is 4.60. The maximum atomic E-state index is 13.0. The smallest absolute Gasteiger partial charge is 0.326 e. The first-order valence-electron chi connectivity index (χ1n) is 8.16. The van der Waals surface area contributed by atoms with Crippen molar-refractivity contribution in [3.05, 3.63) is 40.7 Å². The predicted molar refractivity (Wildman–Crippen MR) is 93.6 cm³/mol. The third-order valence-electron chi connectivity index (χ3n) is 3.95. The molecule has 0 bridgehead atoms. The number of amides is 2. The summed E-state index contributed by atoms with van der Waals surface area (Å²) < 4.78 is 40.2. The maximum Gasteiger partial charge on any atom is 0.436 e. The maximum absolute atomic E-state index is 13.0. The first-order valence-corrected chi connectivity index (χ1v) is 8.54. The van der Waals surface area contributed by atoms with Gasteiger partial charge in [0.25, 0.3) is 0 Å². The number of carbonyl (C=O) groups is 2. The molecule has 0 radical (unpaired) electrons. The minimum Gasteiger partial charge on any atom is -0.326 e. The summed E-state index contributed by atoms with van der Waals surface area (Å²) in [6, 6.07) is 6.34. The molecular weight excluding hydrogens is 385 g/mol. The second-order valence-corrected chi connectivity index (χ2v) is 6.66. The van der Waals surface area contributed by atoms with E-state index >= 15 is 0 Å². The fourth-order valence-electron chi connectivity index (χ4n) is 2.68. The van der Waals surface area contributed by atoms with Crippen LogP contribution in [0.4, 0.5) is 24.5 Å². The Morgan fingerprint density at radius 2 is 1.74 bits per heavy atom. The van der Waals surface area contributed by atoms with Crippen molar-refractivity contribution in [3.8, 4) is 0 Å². The molecule has 10 heteroatoms. The van der Waals surface area contributed by atoms with Crippen molar-refractivity contribution in [1.82, 2.24) is 9.78 Å². The molecule has 1 aromatic heterocycles. The van der Waals surface area contributed by atoms with Crippen LogP contribution in [0.3, 0.4) is 0 Å². The number of halogens is 4. The summed E-state index contributed by atoms with van der Waals surface area (Å²) in [5.41, 5.74) is 0.0836. The van der Waals surface area contributed by atoms with E-state index in [-0.39, 0.29) is 24.1 Å². The molecule has 2 N–H and O–H groups in total. The summed E-state index contributed by atoms with van der Waals surface area (Å²) in [5, 5.41) is 8.27. The first-order chi connectivity index (χ1) is 12.6. The fourth-order valence-corrected chi connectivity index (χ4v) is 3.07. The lowest BCUT2D eigenvalue weighted by Gasteiger charge is -2.09. The highest BCUT2D eigenvalue weighted by Crippen LogP contribution is 2.46. The van der Waals surface area contributed by atoms with Crippen molar-refractivity contribution in [1.29, 1.82) is 0 Å². The van der Waals surface area contributed by atoms with Crippen LogP contribution in [0, 0.1) is 0 Å². The molecule has 1 aromatic carbocycles. The van der Waals surface area contributed by atoms with Crippen LogP contribution in [0.15, 0.2) is 24.3 Å². The Kier molecular flexibility index (Phi) is 5.14. The lowest BCUT2D eigenvalue weighted by Crippen LogP contribution is -2.21.